The van der Waals surface area contributed by atoms with E-state index in [1.807, 2.05) is 0 Å². The van der Waals surface area contributed by atoms with Crippen LogP contribution in [0.25, 0.3) is 0 Å². The smallest absolute Gasteiger partial charge is 0.0620 e. The third-order valence-corrected chi connectivity index (χ3v) is 10.6. The zero-order valence-corrected chi connectivity index (χ0v) is 15.9. The second kappa shape index (κ2) is 6.54. The average Bonchev–Trinajstić information content (AvgIpc) is 2.62. The Morgan fingerprint density at radius 3 is 1.50 bits per heavy atom. The maximum absolute atomic E-state index is 2.49. The largest absolute Gasteiger partial charge is 0.108 e. The van der Waals surface area contributed by atoms with Crippen molar-refractivity contribution in [3.8, 4) is 0 Å². The van der Waals surface area contributed by atoms with Crippen LogP contribution >= 0.6 is 7.26 Å². The van der Waals surface area contributed by atoms with Crippen molar-refractivity contribution in [3.63, 3.8) is 0 Å². The summed E-state index contributed by atoms with van der Waals surface area (Å²) >= 11 is 0. The van der Waals surface area contributed by atoms with Crippen molar-refractivity contribution < 1.29 is 0 Å². The molecule has 0 radical (unpaired) electrons. The SMILES string of the molecule is Cc1ccccc1C(C)(C)[P+](C)(c1ccccc1)c1ccccc1. The highest BCUT2D eigenvalue weighted by atomic mass is 31.2. The van der Waals surface area contributed by atoms with E-state index in [1.54, 1.807) is 0 Å². The Morgan fingerprint density at radius 2 is 1.04 bits per heavy atom. The topological polar surface area (TPSA) is 0 Å². The molecule has 0 aliphatic rings. The first kappa shape index (κ1) is 16.9. The molecule has 0 fully saturated rings. The summed E-state index contributed by atoms with van der Waals surface area (Å²) in [5, 5.41) is 2.98. The van der Waals surface area contributed by atoms with Crippen LogP contribution in [-0.4, -0.2) is 6.66 Å². The Labute approximate surface area is 146 Å². The normalized spacial score (nSPS) is 12.2. The Hall–Kier alpha value is -1.91. The molecule has 122 valence electrons. The molecule has 0 saturated heterocycles. The third kappa shape index (κ3) is 2.70. The van der Waals surface area contributed by atoms with Gasteiger partial charge in [-0.1, -0.05) is 60.7 Å². The molecule has 0 bridgehead atoms. The summed E-state index contributed by atoms with van der Waals surface area (Å²) in [4.78, 5) is 0. The lowest BCUT2D eigenvalue weighted by atomic mass is 9.97. The molecule has 0 saturated carbocycles. The molecule has 1 heteroatoms. The Bertz CT molecular complexity index is 764. The second-order valence-electron chi connectivity index (χ2n) is 7.05. The zero-order chi connectivity index (χ0) is 17.2. The van der Waals surface area contributed by atoms with Crippen LogP contribution in [0.5, 0.6) is 0 Å². The van der Waals surface area contributed by atoms with E-state index in [4.69, 9.17) is 0 Å². The fourth-order valence-corrected chi connectivity index (χ4v) is 7.61. The molecule has 24 heavy (non-hydrogen) atoms. The molecule has 0 aliphatic heterocycles. The molecule has 0 aliphatic carbocycles. The fraction of sp³-hybridized carbons (Fsp3) is 0.217. The fourth-order valence-electron chi connectivity index (χ4n) is 3.75. The van der Waals surface area contributed by atoms with Gasteiger partial charge in [-0.15, -0.1) is 0 Å². The molecule has 3 aromatic carbocycles. The summed E-state index contributed by atoms with van der Waals surface area (Å²) in [6, 6.07) is 31.0. The van der Waals surface area contributed by atoms with Crippen LogP contribution < -0.4 is 10.6 Å². The first-order valence-corrected chi connectivity index (χ1v) is 10.8. The van der Waals surface area contributed by atoms with Crippen LogP contribution in [0, 0.1) is 6.92 Å². The highest BCUT2D eigenvalue weighted by molar-refractivity contribution is 7.89. The minimum Gasteiger partial charge on any atom is -0.0620 e. The molecule has 3 aromatic rings. The van der Waals surface area contributed by atoms with E-state index in [2.05, 4.69) is 112 Å². The zero-order valence-electron chi connectivity index (χ0n) is 15.0. The molecular weight excluding hydrogens is 307 g/mol. The van der Waals surface area contributed by atoms with Gasteiger partial charge in [0.05, 0.1) is 24.5 Å². The highest BCUT2D eigenvalue weighted by Crippen LogP contribution is 2.68. The molecule has 0 amide bonds. The van der Waals surface area contributed by atoms with Crippen molar-refractivity contribution in [3.05, 3.63) is 96.1 Å². The van der Waals surface area contributed by atoms with Gasteiger partial charge in [-0.3, -0.25) is 0 Å². The lowest BCUT2D eigenvalue weighted by Crippen LogP contribution is -2.36. The van der Waals surface area contributed by atoms with Gasteiger partial charge in [0.2, 0.25) is 0 Å². The van der Waals surface area contributed by atoms with Crippen molar-refractivity contribution in [1.82, 2.24) is 0 Å². The van der Waals surface area contributed by atoms with Gasteiger partial charge in [-0.25, -0.2) is 0 Å². The van der Waals surface area contributed by atoms with Gasteiger partial charge in [-0.2, -0.15) is 0 Å². The van der Waals surface area contributed by atoms with E-state index in [9.17, 15) is 0 Å². The van der Waals surface area contributed by atoms with E-state index in [0.29, 0.717) is 0 Å². The van der Waals surface area contributed by atoms with Crippen molar-refractivity contribution in [1.29, 1.82) is 0 Å². The van der Waals surface area contributed by atoms with E-state index in [1.165, 1.54) is 21.7 Å². The van der Waals surface area contributed by atoms with Gasteiger partial charge in [0.25, 0.3) is 0 Å². The molecular formula is C23H26P+. The molecule has 0 heterocycles. The number of aryl methyl sites for hydroxylation is 1. The van der Waals surface area contributed by atoms with Crippen molar-refractivity contribution >= 4 is 17.9 Å². The van der Waals surface area contributed by atoms with Crippen molar-refractivity contribution in [2.75, 3.05) is 6.66 Å². The van der Waals surface area contributed by atoms with Crippen LogP contribution in [0.15, 0.2) is 84.9 Å². The van der Waals surface area contributed by atoms with E-state index < -0.39 is 7.26 Å². The predicted molar refractivity (Wildman–Crippen MR) is 109 cm³/mol. The summed E-state index contributed by atoms with van der Waals surface area (Å²) in [6.45, 7) is 9.56. The van der Waals surface area contributed by atoms with Gasteiger partial charge in [0.15, 0.2) is 0 Å². The molecule has 0 nitrogen and oxygen atoms in total. The van der Waals surface area contributed by atoms with E-state index in [0.717, 1.165) is 0 Å². The maximum atomic E-state index is 2.49. The standard InChI is InChI=1S/C23H26P/c1-19-13-11-12-18-22(19)23(2,3)24(4,20-14-7-5-8-15-20)21-16-9-6-10-17-21/h5-18H,1-4H3/q+1. The summed E-state index contributed by atoms with van der Waals surface area (Å²) < 4.78 is 0. The lowest BCUT2D eigenvalue weighted by Gasteiger charge is -2.39. The first-order valence-electron chi connectivity index (χ1n) is 8.52. The van der Waals surface area contributed by atoms with Gasteiger partial charge in [0, 0.05) is 0 Å². The second-order valence-corrected chi connectivity index (χ2v) is 11.2. The minimum atomic E-state index is -1.63. The Morgan fingerprint density at radius 1 is 0.625 bits per heavy atom. The molecule has 0 atom stereocenters. The molecule has 3 rings (SSSR count). The van der Waals surface area contributed by atoms with Crippen LogP contribution in [-0.2, 0) is 5.16 Å². The predicted octanol–water partition coefficient (Wildman–Crippen LogP) is 5.53. The van der Waals surface area contributed by atoms with E-state index in [-0.39, 0.29) is 5.16 Å². The van der Waals surface area contributed by atoms with Crippen molar-refractivity contribution in [2.24, 2.45) is 0 Å². The Kier molecular flexibility index (Phi) is 4.61. The number of benzene rings is 3. The summed E-state index contributed by atoms with van der Waals surface area (Å²) in [7, 11) is -1.63. The van der Waals surface area contributed by atoms with Gasteiger partial charge in [0.1, 0.15) is 5.16 Å². The Balaban J connectivity index is 2.28. The first-order chi connectivity index (χ1) is 11.5. The van der Waals surface area contributed by atoms with Gasteiger partial charge >= 0.3 is 0 Å². The summed E-state index contributed by atoms with van der Waals surface area (Å²) in [5.74, 6) is 0. The monoisotopic (exact) mass is 333 g/mol. The molecule has 0 N–H and O–H groups in total. The molecule has 0 spiro atoms. The summed E-state index contributed by atoms with van der Waals surface area (Å²) in [5.41, 5.74) is 2.83. The van der Waals surface area contributed by atoms with Gasteiger partial charge < -0.3 is 0 Å². The van der Waals surface area contributed by atoms with E-state index >= 15 is 0 Å². The minimum absolute atomic E-state index is 0.0566. The number of hydrogen-bond donors (Lipinski definition) is 0. The highest BCUT2D eigenvalue weighted by Gasteiger charge is 2.53. The van der Waals surface area contributed by atoms with Crippen LogP contribution in [0.1, 0.15) is 25.0 Å². The molecule has 0 aromatic heterocycles. The maximum Gasteiger partial charge on any atom is 0.108 e. The number of rotatable bonds is 4. The average molecular weight is 333 g/mol. The molecule has 0 unspecified atom stereocenters. The van der Waals surface area contributed by atoms with Crippen LogP contribution in [0.3, 0.4) is 0 Å². The summed E-state index contributed by atoms with van der Waals surface area (Å²) in [6.07, 6.45) is 0. The lowest BCUT2D eigenvalue weighted by molar-refractivity contribution is 0.755. The quantitative estimate of drug-likeness (QED) is 0.551. The third-order valence-electron chi connectivity index (χ3n) is 5.47. The van der Waals surface area contributed by atoms with Gasteiger partial charge in [-0.05, 0) is 56.2 Å². The van der Waals surface area contributed by atoms with Crippen molar-refractivity contribution in [2.45, 2.75) is 25.9 Å². The number of hydrogen-bond acceptors (Lipinski definition) is 0. The van der Waals surface area contributed by atoms with Crippen LogP contribution in [0.2, 0.25) is 0 Å². The van der Waals surface area contributed by atoms with Crippen LogP contribution in [0.4, 0.5) is 0 Å².